The van der Waals surface area contributed by atoms with Gasteiger partial charge in [0.2, 0.25) is 0 Å². The van der Waals surface area contributed by atoms with Gasteiger partial charge in [-0.2, -0.15) is 0 Å². The average Bonchev–Trinajstić information content (AvgIpc) is 2.30. The van der Waals surface area contributed by atoms with Crippen molar-refractivity contribution in [2.45, 2.75) is 0 Å². The fraction of sp³-hybridized carbons (Fsp3) is 0. The molecule has 3 N–H and O–H groups in total. The van der Waals surface area contributed by atoms with Gasteiger partial charge in [-0.15, -0.1) is 0 Å². The molecule has 0 aromatic heterocycles. The van der Waals surface area contributed by atoms with Crippen molar-refractivity contribution in [2.75, 3.05) is 0 Å². The summed E-state index contributed by atoms with van der Waals surface area (Å²) in [4.78, 5) is 11.8. The maximum atomic E-state index is 11.8. The smallest absolute Gasteiger partial charge is 0.193 e. The summed E-state index contributed by atoms with van der Waals surface area (Å²) >= 11 is 0. The fourth-order valence-electron chi connectivity index (χ4n) is 1.35. The molecule has 0 unspecified atom stereocenters. The Balaban J connectivity index is 0.00000112. The summed E-state index contributed by atoms with van der Waals surface area (Å²) in [6.45, 7) is 0. The van der Waals surface area contributed by atoms with Crippen LogP contribution in [0.5, 0.6) is 0 Å². The van der Waals surface area contributed by atoms with Crippen molar-refractivity contribution >= 4 is 5.78 Å². The first-order chi connectivity index (χ1) is 6.88. The molecule has 0 aliphatic heterocycles. The van der Waals surface area contributed by atoms with Crippen molar-refractivity contribution in [2.24, 2.45) is 0 Å². The van der Waals surface area contributed by atoms with Crippen molar-refractivity contribution in [3.05, 3.63) is 71.8 Å². The largest absolute Gasteiger partial charge is 0.344 e. The minimum Gasteiger partial charge on any atom is -0.344 e. The molecule has 2 aromatic carbocycles. The van der Waals surface area contributed by atoms with Crippen molar-refractivity contribution < 1.29 is 4.79 Å². The SMILES string of the molecule is N.O=C(c1ccccc1)c1ccccc1. The average molecular weight is 199 g/mol. The van der Waals surface area contributed by atoms with E-state index in [1.54, 1.807) is 0 Å². The molecular formula is C13H13NO. The van der Waals surface area contributed by atoms with Crippen LogP contribution in [0.3, 0.4) is 0 Å². The van der Waals surface area contributed by atoms with Crippen LogP contribution in [0, 0.1) is 0 Å². The van der Waals surface area contributed by atoms with Crippen LogP contribution in [0.4, 0.5) is 0 Å². The molecule has 0 bridgehead atoms. The zero-order valence-electron chi connectivity index (χ0n) is 8.39. The van der Waals surface area contributed by atoms with Gasteiger partial charge in [0.25, 0.3) is 0 Å². The van der Waals surface area contributed by atoms with Gasteiger partial charge in [0.15, 0.2) is 5.78 Å². The van der Waals surface area contributed by atoms with Crippen LogP contribution in [-0.2, 0) is 0 Å². The van der Waals surface area contributed by atoms with Crippen molar-refractivity contribution in [1.29, 1.82) is 0 Å². The normalized spacial score (nSPS) is 9.07. The van der Waals surface area contributed by atoms with Crippen LogP contribution in [0.25, 0.3) is 0 Å². The van der Waals surface area contributed by atoms with Gasteiger partial charge in [0.1, 0.15) is 0 Å². The molecule has 0 amide bonds. The molecule has 0 atom stereocenters. The highest BCUT2D eigenvalue weighted by atomic mass is 16.1. The number of carbonyl (C=O) groups excluding carboxylic acids is 1. The number of benzene rings is 2. The Kier molecular flexibility index (Phi) is 3.77. The molecule has 2 nitrogen and oxygen atoms in total. The molecule has 0 saturated heterocycles. The second-order valence-corrected chi connectivity index (χ2v) is 3.06. The molecule has 2 aromatic rings. The lowest BCUT2D eigenvalue weighted by molar-refractivity contribution is 0.103. The second kappa shape index (κ2) is 5.08. The van der Waals surface area contributed by atoms with E-state index in [0.29, 0.717) is 0 Å². The van der Waals surface area contributed by atoms with Gasteiger partial charge in [-0.25, -0.2) is 0 Å². The van der Waals surface area contributed by atoms with Crippen LogP contribution in [0.1, 0.15) is 15.9 Å². The third kappa shape index (κ3) is 2.51. The first-order valence-electron chi connectivity index (χ1n) is 4.53. The van der Waals surface area contributed by atoms with Crippen LogP contribution in [-0.4, -0.2) is 5.78 Å². The molecule has 2 rings (SSSR count). The minimum atomic E-state index is 0. The summed E-state index contributed by atoms with van der Waals surface area (Å²) in [5, 5.41) is 0. The van der Waals surface area contributed by atoms with E-state index in [2.05, 4.69) is 0 Å². The van der Waals surface area contributed by atoms with E-state index in [-0.39, 0.29) is 11.9 Å². The summed E-state index contributed by atoms with van der Waals surface area (Å²) in [6, 6.07) is 18.6. The lowest BCUT2D eigenvalue weighted by Gasteiger charge is -1.99. The molecule has 2 heteroatoms. The number of rotatable bonds is 2. The maximum absolute atomic E-state index is 11.8. The Hall–Kier alpha value is -1.93. The number of hydrogen-bond acceptors (Lipinski definition) is 2. The number of ketones is 1. The Morgan fingerprint density at radius 2 is 1.00 bits per heavy atom. The zero-order chi connectivity index (χ0) is 9.80. The molecule has 15 heavy (non-hydrogen) atoms. The summed E-state index contributed by atoms with van der Waals surface area (Å²) < 4.78 is 0. The fourth-order valence-corrected chi connectivity index (χ4v) is 1.35. The third-order valence-electron chi connectivity index (χ3n) is 2.07. The summed E-state index contributed by atoms with van der Waals surface area (Å²) in [5.41, 5.74) is 1.47. The van der Waals surface area contributed by atoms with Crippen LogP contribution in [0.15, 0.2) is 60.7 Å². The van der Waals surface area contributed by atoms with Gasteiger partial charge in [0, 0.05) is 11.1 Å². The van der Waals surface area contributed by atoms with Crippen molar-refractivity contribution in [3.8, 4) is 0 Å². The van der Waals surface area contributed by atoms with Gasteiger partial charge >= 0.3 is 0 Å². The zero-order valence-corrected chi connectivity index (χ0v) is 8.39. The molecular weight excluding hydrogens is 186 g/mol. The van der Waals surface area contributed by atoms with Gasteiger partial charge in [-0.3, -0.25) is 4.79 Å². The van der Waals surface area contributed by atoms with E-state index in [0.717, 1.165) is 11.1 Å². The second-order valence-electron chi connectivity index (χ2n) is 3.06. The summed E-state index contributed by atoms with van der Waals surface area (Å²) in [6.07, 6.45) is 0. The van der Waals surface area contributed by atoms with E-state index >= 15 is 0 Å². The highest BCUT2D eigenvalue weighted by molar-refractivity contribution is 6.08. The summed E-state index contributed by atoms with van der Waals surface area (Å²) in [5.74, 6) is 0.0752. The van der Waals surface area contributed by atoms with Gasteiger partial charge in [0.05, 0.1) is 0 Å². The quantitative estimate of drug-likeness (QED) is 0.755. The highest BCUT2D eigenvalue weighted by Gasteiger charge is 2.06. The monoisotopic (exact) mass is 199 g/mol. The van der Waals surface area contributed by atoms with E-state index in [4.69, 9.17) is 0 Å². The molecule has 0 aliphatic carbocycles. The Morgan fingerprint density at radius 3 is 1.33 bits per heavy atom. The Bertz CT molecular complexity index is 381. The van der Waals surface area contributed by atoms with E-state index in [1.807, 2.05) is 60.7 Å². The number of hydrogen-bond donors (Lipinski definition) is 1. The number of carbonyl (C=O) groups is 1. The Labute approximate surface area is 89.2 Å². The topological polar surface area (TPSA) is 52.1 Å². The maximum Gasteiger partial charge on any atom is 0.193 e. The third-order valence-corrected chi connectivity index (χ3v) is 2.07. The molecule has 76 valence electrons. The lowest BCUT2D eigenvalue weighted by Crippen LogP contribution is -1.99. The van der Waals surface area contributed by atoms with Crippen LogP contribution < -0.4 is 6.15 Å². The van der Waals surface area contributed by atoms with Crippen molar-refractivity contribution in [1.82, 2.24) is 6.15 Å². The molecule has 0 heterocycles. The Morgan fingerprint density at radius 1 is 0.667 bits per heavy atom. The first-order valence-corrected chi connectivity index (χ1v) is 4.53. The van der Waals surface area contributed by atoms with Crippen LogP contribution in [0.2, 0.25) is 0 Å². The van der Waals surface area contributed by atoms with E-state index in [1.165, 1.54) is 0 Å². The highest BCUT2D eigenvalue weighted by Crippen LogP contribution is 2.08. The van der Waals surface area contributed by atoms with Gasteiger partial charge < -0.3 is 6.15 Å². The standard InChI is InChI=1S/C13H10O.H3N/c14-13(11-7-3-1-4-8-11)12-9-5-2-6-10-12;/h1-10H;1H3. The summed E-state index contributed by atoms with van der Waals surface area (Å²) in [7, 11) is 0. The van der Waals surface area contributed by atoms with Crippen molar-refractivity contribution in [3.63, 3.8) is 0 Å². The molecule has 0 fully saturated rings. The molecule has 0 aliphatic rings. The van der Waals surface area contributed by atoms with E-state index < -0.39 is 0 Å². The predicted octanol–water partition coefficient (Wildman–Crippen LogP) is 3.08. The van der Waals surface area contributed by atoms with Crippen LogP contribution >= 0.6 is 0 Å². The van der Waals surface area contributed by atoms with Gasteiger partial charge in [-0.1, -0.05) is 60.7 Å². The van der Waals surface area contributed by atoms with E-state index in [9.17, 15) is 4.79 Å². The molecule has 0 spiro atoms. The minimum absolute atomic E-state index is 0. The molecule has 0 saturated carbocycles. The molecule has 0 radical (unpaired) electrons. The van der Waals surface area contributed by atoms with Gasteiger partial charge in [-0.05, 0) is 0 Å². The first kappa shape index (κ1) is 11.1. The lowest BCUT2D eigenvalue weighted by atomic mass is 10.0. The predicted molar refractivity (Wildman–Crippen MR) is 61.3 cm³/mol.